The first-order valence-electron chi connectivity index (χ1n) is 10.8. The average Bonchev–Trinajstić information content (AvgIpc) is 3.16. The third kappa shape index (κ3) is 5.83. The molecule has 2 atom stereocenters. The Kier molecular flexibility index (Phi) is 9.18. The molecular formula is C20H31ClN6O6S. The highest BCUT2D eigenvalue weighted by atomic mass is 35.5. The first-order chi connectivity index (χ1) is 16.2. The van der Waals surface area contributed by atoms with Gasteiger partial charge in [-0.05, 0) is 25.7 Å². The van der Waals surface area contributed by atoms with Crippen molar-refractivity contribution < 1.29 is 27.7 Å². The zero-order chi connectivity index (χ0) is 24.9. The molecule has 0 radical (unpaired) electrons. The Morgan fingerprint density at radius 2 is 1.79 bits per heavy atom. The summed E-state index contributed by atoms with van der Waals surface area (Å²) in [6.07, 6.45) is 3.29. The average molecular weight is 519 g/mol. The van der Waals surface area contributed by atoms with Gasteiger partial charge in [-0.1, -0.05) is 11.6 Å². The molecule has 190 valence electrons. The van der Waals surface area contributed by atoms with E-state index >= 15 is 0 Å². The van der Waals surface area contributed by atoms with Crippen LogP contribution in [0, 0.1) is 5.92 Å². The number of methoxy groups -OCH3 is 3. The van der Waals surface area contributed by atoms with Crippen LogP contribution in [-0.4, -0.2) is 84.7 Å². The predicted octanol–water partition coefficient (Wildman–Crippen LogP) is 1.56. The van der Waals surface area contributed by atoms with Gasteiger partial charge in [0.2, 0.25) is 16.0 Å². The Balaban J connectivity index is 1.91. The number of aliphatic hydroxyl groups is 1. The molecule has 0 amide bonds. The number of nitrogens with zero attached hydrogens (tertiary/aromatic N) is 5. The number of anilines is 1. The molecule has 2 aromatic rings. The van der Waals surface area contributed by atoms with Crippen LogP contribution < -0.4 is 4.72 Å². The van der Waals surface area contributed by atoms with E-state index in [-0.39, 0.29) is 49.5 Å². The number of sulfonamides is 1. The minimum absolute atomic E-state index is 0.0470. The second-order valence-corrected chi connectivity index (χ2v) is 10.8. The number of hydrogen-bond acceptors (Lipinski definition) is 10. The Labute approximate surface area is 204 Å². The first-order valence-corrected chi connectivity index (χ1v) is 12.7. The van der Waals surface area contributed by atoms with Gasteiger partial charge in [0.1, 0.15) is 17.2 Å². The lowest BCUT2D eigenvalue weighted by atomic mass is 9.75. The quantitative estimate of drug-likeness (QED) is 0.399. The molecule has 0 bridgehead atoms. The molecule has 0 spiro atoms. The summed E-state index contributed by atoms with van der Waals surface area (Å²) in [7, 11) is 0.476. The van der Waals surface area contributed by atoms with E-state index < -0.39 is 21.4 Å². The molecule has 34 heavy (non-hydrogen) atoms. The van der Waals surface area contributed by atoms with Crippen LogP contribution in [0.1, 0.15) is 49.5 Å². The van der Waals surface area contributed by atoms with Crippen molar-refractivity contribution in [1.29, 1.82) is 0 Å². The highest BCUT2D eigenvalue weighted by Crippen LogP contribution is 2.42. The standard InChI is InChI=1S/C20H31ClN6O6S/c1-12(17(33-4)18-22-7-15(21)8-23-18)34(29,30)26-20-25-24-19(14-5-13(6-14)9-28)27(20)16(10-31-2)11-32-3/h7-8,12-14,16-17,28H,5-6,9-11H2,1-4H3,(H,25,26)/t12?,13-,14+,17?. The summed E-state index contributed by atoms with van der Waals surface area (Å²) in [5.74, 6) is 1.11. The SMILES string of the molecule is COCC(COC)n1c(NS(=O)(=O)C(C)C(OC)c2ncc(Cl)cn2)nnc1[C@H]1C[C@@H](CO)C1. The minimum Gasteiger partial charge on any atom is -0.396 e. The van der Waals surface area contributed by atoms with Crippen LogP contribution in [-0.2, 0) is 24.2 Å². The van der Waals surface area contributed by atoms with Crippen LogP contribution in [0.4, 0.5) is 5.95 Å². The number of aromatic nitrogens is 5. The Hall–Kier alpha value is -1.90. The third-order valence-electron chi connectivity index (χ3n) is 5.96. The van der Waals surface area contributed by atoms with Crippen LogP contribution >= 0.6 is 11.6 Å². The number of ether oxygens (including phenoxy) is 3. The molecule has 0 saturated heterocycles. The second kappa shape index (κ2) is 11.7. The van der Waals surface area contributed by atoms with E-state index in [1.807, 2.05) is 0 Å². The van der Waals surface area contributed by atoms with Gasteiger partial charge < -0.3 is 19.3 Å². The fourth-order valence-corrected chi connectivity index (χ4v) is 5.28. The molecule has 0 aliphatic heterocycles. The zero-order valence-electron chi connectivity index (χ0n) is 19.6. The lowest BCUT2D eigenvalue weighted by Gasteiger charge is -2.34. The van der Waals surface area contributed by atoms with Gasteiger partial charge in [0.15, 0.2) is 5.82 Å². The molecule has 12 nitrogen and oxygen atoms in total. The highest BCUT2D eigenvalue weighted by molar-refractivity contribution is 7.93. The molecule has 1 aliphatic carbocycles. The van der Waals surface area contributed by atoms with E-state index in [2.05, 4.69) is 24.9 Å². The van der Waals surface area contributed by atoms with Gasteiger partial charge in [-0.15, -0.1) is 10.2 Å². The number of halogens is 1. The van der Waals surface area contributed by atoms with Crippen molar-refractivity contribution >= 4 is 27.6 Å². The Morgan fingerprint density at radius 3 is 2.32 bits per heavy atom. The highest BCUT2D eigenvalue weighted by Gasteiger charge is 2.38. The summed E-state index contributed by atoms with van der Waals surface area (Å²) >= 11 is 5.85. The molecule has 2 unspecified atom stereocenters. The van der Waals surface area contributed by atoms with Gasteiger partial charge in [0, 0.05) is 46.2 Å². The van der Waals surface area contributed by atoms with Crippen LogP contribution in [0.25, 0.3) is 0 Å². The van der Waals surface area contributed by atoms with Crippen LogP contribution in [0.5, 0.6) is 0 Å². The summed E-state index contributed by atoms with van der Waals surface area (Å²) in [6.45, 7) is 2.12. The van der Waals surface area contributed by atoms with Gasteiger partial charge in [-0.3, -0.25) is 9.29 Å². The van der Waals surface area contributed by atoms with Gasteiger partial charge in [0.25, 0.3) is 0 Å². The second-order valence-electron chi connectivity index (χ2n) is 8.30. The maximum absolute atomic E-state index is 13.3. The van der Waals surface area contributed by atoms with Gasteiger partial charge in [-0.2, -0.15) is 0 Å². The molecule has 3 rings (SSSR count). The van der Waals surface area contributed by atoms with Crippen LogP contribution in [0.3, 0.4) is 0 Å². The Bertz CT molecular complexity index is 1020. The first kappa shape index (κ1) is 26.7. The lowest BCUT2D eigenvalue weighted by molar-refractivity contribution is 0.0841. The fourth-order valence-electron chi connectivity index (χ4n) is 4.05. The molecule has 1 aliphatic rings. The molecule has 2 N–H and O–H groups in total. The minimum atomic E-state index is -4.02. The number of nitrogens with one attached hydrogen (secondary N) is 1. The van der Waals surface area contributed by atoms with E-state index in [0.717, 1.165) is 12.8 Å². The van der Waals surface area contributed by atoms with Gasteiger partial charge in [0.05, 0.1) is 24.3 Å². The van der Waals surface area contributed by atoms with Gasteiger partial charge in [-0.25, -0.2) is 18.4 Å². The van der Waals surface area contributed by atoms with Crippen molar-refractivity contribution in [2.75, 3.05) is 45.9 Å². The van der Waals surface area contributed by atoms with Crippen molar-refractivity contribution in [2.45, 2.75) is 43.1 Å². The molecule has 1 fully saturated rings. The van der Waals surface area contributed by atoms with Crippen molar-refractivity contribution in [2.24, 2.45) is 5.92 Å². The summed E-state index contributed by atoms with van der Waals surface area (Å²) in [5, 5.41) is 17.1. The monoisotopic (exact) mass is 518 g/mol. The molecule has 0 aromatic carbocycles. The lowest BCUT2D eigenvalue weighted by Crippen LogP contribution is -2.35. The van der Waals surface area contributed by atoms with Crippen LogP contribution in [0.2, 0.25) is 5.02 Å². The van der Waals surface area contributed by atoms with E-state index in [1.54, 1.807) is 18.8 Å². The van der Waals surface area contributed by atoms with Crippen molar-refractivity contribution in [3.8, 4) is 0 Å². The van der Waals surface area contributed by atoms with Crippen LogP contribution in [0.15, 0.2) is 12.4 Å². The number of hydrogen-bond donors (Lipinski definition) is 2. The smallest absolute Gasteiger partial charge is 0.240 e. The van der Waals surface area contributed by atoms with E-state index in [4.69, 9.17) is 25.8 Å². The number of aliphatic hydroxyl groups excluding tert-OH is 1. The molecule has 1 saturated carbocycles. The molecule has 14 heteroatoms. The maximum Gasteiger partial charge on any atom is 0.240 e. The topological polar surface area (TPSA) is 151 Å². The van der Waals surface area contributed by atoms with E-state index in [9.17, 15) is 13.5 Å². The van der Waals surface area contributed by atoms with Crippen molar-refractivity contribution in [3.63, 3.8) is 0 Å². The summed E-state index contributed by atoms with van der Waals surface area (Å²) in [6, 6.07) is -0.362. The normalized spacial score (nSPS) is 20.2. The van der Waals surface area contributed by atoms with Gasteiger partial charge >= 0.3 is 0 Å². The molecule has 2 heterocycles. The van der Waals surface area contributed by atoms with E-state index in [0.29, 0.717) is 10.8 Å². The summed E-state index contributed by atoms with van der Waals surface area (Å²) in [4.78, 5) is 8.20. The van der Waals surface area contributed by atoms with Crippen molar-refractivity contribution in [1.82, 2.24) is 24.7 Å². The molecule has 2 aromatic heterocycles. The maximum atomic E-state index is 13.3. The number of rotatable bonds is 13. The Morgan fingerprint density at radius 1 is 1.18 bits per heavy atom. The predicted molar refractivity (Wildman–Crippen MR) is 124 cm³/mol. The zero-order valence-corrected chi connectivity index (χ0v) is 21.2. The molecular weight excluding hydrogens is 488 g/mol. The van der Waals surface area contributed by atoms with Crippen molar-refractivity contribution in [3.05, 3.63) is 29.1 Å². The largest absolute Gasteiger partial charge is 0.396 e. The summed E-state index contributed by atoms with van der Waals surface area (Å²) in [5.41, 5.74) is 0. The third-order valence-corrected chi connectivity index (χ3v) is 7.85. The summed E-state index contributed by atoms with van der Waals surface area (Å²) < 4.78 is 47.1. The fraction of sp³-hybridized carbons (Fsp3) is 0.700. The van der Waals surface area contributed by atoms with E-state index in [1.165, 1.54) is 26.4 Å².